The smallest absolute Gasteiger partial charge is 0.135 e. The SMILES string of the molecule is C/C(=C(/F)c1cnc(Cl)cc1C)c1ccccc1SN(C)F.CC. The molecule has 0 N–H and O–H groups in total. The number of rotatable bonds is 4. The fraction of sp³-hybridized carbons (Fsp3) is 0.278. The van der Waals surface area contributed by atoms with Gasteiger partial charge in [0.05, 0.1) is 0 Å². The number of pyridine rings is 1. The molecule has 0 saturated heterocycles. The number of benzene rings is 1. The van der Waals surface area contributed by atoms with Gasteiger partial charge in [0, 0.05) is 23.7 Å². The second kappa shape index (κ2) is 9.77. The van der Waals surface area contributed by atoms with Crippen LogP contribution >= 0.6 is 23.5 Å². The standard InChI is InChI=1S/C16H15ClF2N2S.C2H6/c1-10-8-15(17)20-9-13(10)16(18)11(2)12-6-4-5-7-14(12)22-21(3)19;1-2/h4-9H,1-3H3;1-2H3/b16-11-;. The van der Waals surface area contributed by atoms with Gasteiger partial charge in [-0.15, -0.1) is 4.48 Å². The molecule has 0 aliphatic carbocycles. The first-order valence-corrected chi connectivity index (χ1v) is 8.71. The van der Waals surface area contributed by atoms with E-state index in [1.807, 2.05) is 13.8 Å². The number of nitrogens with zero attached hydrogens (tertiary/aromatic N) is 2. The summed E-state index contributed by atoms with van der Waals surface area (Å²) in [5.41, 5.74) is 2.15. The largest absolute Gasteiger partial charge is 0.244 e. The monoisotopic (exact) mass is 370 g/mol. The molecule has 130 valence electrons. The third-order valence-corrected chi connectivity index (χ3v) is 4.17. The predicted octanol–water partition coefficient (Wildman–Crippen LogP) is 6.75. The van der Waals surface area contributed by atoms with Gasteiger partial charge >= 0.3 is 0 Å². The molecule has 0 bridgehead atoms. The first-order chi connectivity index (χ1) is 11.4. The normalized spacial score (nSPS) is 11.7. The zero-order valence-corrected chi connectivity index (χ0v) is 16.0. The minimum absolute atomic E-state index is 0.321. The molecule has 0 aliphatic heterocycles. The molecule has 1 aromatic carbocycles. The summed E-state index contributed by atoms with van der Waals surface area (Å²) >= 11 is 6.70. The van der Waals surface area contributed by atoms with Crippen LogP contribution in [0.25, 0.3) is 11.4 Å². The summed E-state index contributed by atoms with van der Waals surface area (Å²) in [5.74, 6) is -0.392. The summed E-state index contributed by atoms with van der Waals surface area (Å²) in [6, 6.07) is 8.70. The molecule has 24 heavy (non-hydrogen) atoms. The highest BCUT2D eigenvalue weighted by atomic mass is 35.5. The molecule has 0 amide bonds. The van der Waals surface area contributed by atoms with Crippen LogP contribution in [0.2, 0.25) is 5.15 Å². The molecule has 1 aromatic heterocycles. The molecule has 2 rings (SSSR count). The molecule has 0 fully saturated rings. The minimum atomic E-state index is -0.392. The highest BCUT2D eigenvalue weighted by Crippen LogP contribution is 2.35. The van der Waals surface area contributed by atoms with Gasteiger partial charge in [-0.1, -0.05) is 48.2 Å². The van der Waals surface area contributed by atoms with E-state index in [0.29, 0.717) is 36.8 Å². The maximum absolute atomic E-state index is 14.8. The van der Waals surface area contributed by atoms with Crippen LogP contribution in [0.15, 0.2) is 41.4 Å². The van der Waals surface area contributed by atoms with Crippen LogP contribution in [0.3, 0.4) is 0 Å². The quantitative estimate of drug-likeness (QED) is 0.336. The van der Waals surface area contributed by atoms with E-state index in [1.165, 1.54) is 13.2 Å². The van der Waals surface area contributed by atoms with Crippen molar-refractivity contribution in [3.05, 3.63) is 58.4 Å². The van der Waals surface area contributed by atoms with E-state index >= 15 is 0 Å². The van der Waals surface area contributed by atoms with Gasteiger partial charge in [-0.05, 0) is 54.6 Å². The Labute approximate surface area is 151 Å². The molecular formula is C18H21ClF2N2S. The van der Waals surface area contributed by atoms with Crippen molar-refractivity contribution in [2.45, 2.75) is 32.6 Å². The molecule has 0 atom stereocenters. The van der Waals surface area contributed by atoms with Gasteiger partial charge in [-0.25, -0.2) is 9.37 Å². The highest BCUT2D eigenvalue weighted by Gasteiger charge is 2.14. The molecular weight excluding hydrogens is 350 g/mol. The second-order valence-corrected chi connectivity index (χ2v) is 6.28. The van der Waals surface area contributed by atoms with E-state index in [9.17, 15) is 8.87 Å². The molecule has 0 spiro atoms. The van der Waals surface area contributed by atoms with Crippen molar-refractivity contribution in [2.75, 3.05) is 7.05 Å². The van der Waals surface area contributed by atoms with Crippen molar-refractivity contribution < 1.29 is 8.87 Å². The Morgan fingerprint density at radius 3 is 2.42 bits per heavy atom. The third kappa shape index (κ3) is 5.30. The Kier molecular flexibility index (Phi) is 8.39. The topological polar surface area (TPSA) is 16.1 Å². The van der Waals surface area contributed by atoms with E-state index in [-0.39, 0.29) is 0 Å². The average molecular weight is 371 g/mol. The summed E-state index contributed by atoms with van der Waals surface area (Å²) < 4.78 is 28.4. The van der Waals surface area contributed by atoms with Crippen molar-refractivity contribution in [1.29, 1.82) is 0 Å². The lowest BCUT2D eigenvalue weighted by atomic mass is 10.0. The van der Waals surface area contributed by atoms with Gasteiger partial charge in [0.25, 0.3) is 0 Å². The van der Waals surface area contributed by atoms with Crippen molar-refractivity contribution in [3.63, 3.8) is 0 Å². The molecule has 2 nitrogen and oxygen atoms in total. The van der Waals surface area contributed by atoms with Crippen LogP contribution in [0.4, 0.5) is 8.87 Å². The van der Waals surface area contributed by atoms with Gasteiger partial charge in [-0.2, -0.15) is 0 Å². The molecule has 0 unspecified atom stereocenters. The first kappa shape index (κ1) is 20.6. The molecule has 0 saturated carbocycles. The van der Waals surface area contributed by atoms with Gasteiger partial charge in [0.2, 0.25) is 0 Å². The molecule has 6 heteroatoms. The Hall–Kier alpha value is -1.43. The second-order valence-electron chi connectivity index (χ2n) is 4.77. The van der Waals surface area contributed by atoms with Crippen LogP contribution in [0.5, 0.6) is 0 Å². The Morgan fingerprint density at radius 2 is 1.83 bits per heavy atom. The Balaban J connectivity index is 0.00000139. The number of halogens is 3. The van der Waals surface area contributed by atoms with Crippen LogP contribution in [0.1, 0.15) is 37.5 Å². The molecule has 0 radical (unpaired) electrons. The predicted molar refractivity (Wildman–Crippen MR) is 100 cm³/mol. The summed E-state index contributed by atoms with van der Waals surface area (Å²) in [5, 5.41) is 0.321. The fourth-order valence-corrected chi connectivity index (χ4v) is 3.01. The van der Waals surface area contributed by atoms with Gasteiger partial charge in [0.15, 0.2) is 0 Å². The van der Waals surface area contributed by atoms with Crippen molar-refractivity contribution in [1.82, 2.24) is 9.51 Å². The summed E-state index contributed by atoms with van der Waals surface area (Å²) in [7, 11) is 1.30. The van der Waals surface area contributed by atoms with Gasteiger partial charge < -0.3 is 0 Å². The van der Waals surface area contributed by atoms with E-state index < -0.39 is 5.83 Å². The number of aryl methyl sites for hydroxylation is 1. The number of hydrogen-bond donors (Lipinski definition) is 0. The molecule has 0 aliphatic rings. The molecule has 2 aromatic rings. The van der Waals surface area contributed by atoms with Crippen LogP contribution in [-0.4, -0.2) is 16.6 Å². The van der Waals surface area contributed by atoms with E-state index in [1.54, 1.807) is 44.2 Å². The zero-order valence-electron chi connectivity index (χ0n) is 14.4. The van der Waals surface area contributed by atoms with E-state index in [4.69, 9.17) is 11.6 Å². The maximum atomic E-state index is 14.8. The Morgan fingerprint density at radius 1 is 1.21 bits per heavy atom. The van der Waals surface area contributed by atoms with Gasteiger partial charge in [0.1, 0.15) is 11.0 Å². The maximum Gasteiger partial charge on any atom is 0.135 e. The lowest BCUT2D eigenvalue weighted by molar-refractivity contribution is 0.201. The number of hydrogen-bond acceptors (Lipinski definition) is 3. The number of aromatic nitrogens is 1. The zero-order chi connectivity index (χ0) is 18.3. The summed E-state index contributed by atoms with van der Waals surface area (Å²) in [6.45, 7) is 7.44. The van der Waals surface area contributed by atoms with Crippen molar-refractivity contribution >= 4 is 34.9 Å². The lowest BCUT2D eigenvalue weighted by Crippen LogP contribution is -1.96. The Bertz CT molecular complexity index is 718. The molecule has 1 heterocycles. The fourth-order valence-electron chi connectivity index (χ4n) is 2.06. The first-order valence-electron chi connectivity index (χ1n) is 7.56. The van der Waals surface area contributed by atoms with Crippen LogP contribution in [-0.2, 0) is 0 Å². The number of allylic oxidation sites excluding steroid dienone is 1. The van der Waals surface area contributed by atoms with Crippen LogP contribution < -0.4 is 0 Å². The minimum Gasteiger partial charge on any atom is -0.244 e. The summed E-state index contributed by atoms with van der Waals surface area (Å²) in [6.07, 6.45) is 1.41. The lowest BCUT2D eigenvalue weighted by Gasteiger charge is -2.13. The van der Waals surface area contributed by atoms with E-state index in [0.717, 1.165) is 11.9 Å². The average Bonchev–Trinajstić information content (AvgIpc) is 2.55. The van der Waals surface area contributed by atoms with Crippen LogP contribution in [0, 0.1) is 6.92 Å². The van der Waals surface area contributed by atoms with Gasteiger partial charge in [-0.3, -0.25) is 0 Å². The van der Waals surface area contributed by atoms with Crippen molar-refractivity contribution in [2.24, 2.45) is 0 Å². The van der Waals surface area contributed by atoms with Crippen molar-refractivity contribution in [3.8, 4) is 0 Å². The third-order valence-electron chi connectivity index (χ3n) is 3.16. The highest BCUT2D eigenvalue weighted by molar-refractivity contribution is 7.97. The van der Waals surface area contributed by atoms with E-state index in [2.05, 4.69) is 4.98 Å². The summed E-state index contributed by atoms with van der Waals surface area (Å²) in [4.78, 5) is 4.56.